The van der Waals surface area contributed by atoms with Gasteiger partial charge in [0.1, 0.15) is 11.6 Å². The number of nitrogens with zero attached hydrogens (tertiary/aromatic N) is 1. The second-order valence-corrected chi connectivity index (χ2v) is 4.14. The Bertz CT molecular complexity index is 591. The number of nitriles is 1. The molecule has 0 fully saturated rings. The molecule has 0 aliphatic rings. The summed E-state index contributed by atoms with van der Waals surface area (Å²) in [5.74, 6) is -2.18. The number of nitrogens with one attached hydrogen (secondary N) is 1. The molecular formula is C13H14N2O4. The molecule has 0 aromatic carbocycles. The molecule has 0 unspecified atom stereocenters. The highest BCUT2D eigenvalue weighted by molar-refractivity contribution is 5.96. The van der Waals surface area contributed by atoms with Crippen molar-refractivity contribution in [2.24, 2.45) is 0 Å². The summed E-state index contributed by atoms with van der Waals surface area (Å²) in [5, 5.41) is 26.2. The van der Waals surface area contributed by atoms with Crippen LogP contribution < -0.4 is 0 Å². The summed E-state index contributed by atoms with van der Waals surface area (Å²) in [5.41, 5.74) is 2.56. The highest BCUT2D eigenvalue weighted by Crippen LogP contribution is 2.21. The molecular weight excluding hydrogens is 248 g/mol. The summed E-state index contributed by atoms with van der Waals surface area (Å²) in [6.07, 6.45) is 1.63. The number of rotatable bonds is 5. The summed E-state index contributed by atoms with van der Waals surface area (Å²) in [6.45, 7) is 3.55. The van der Waals surface area contributed by atoms with Crippen LogP contribution in [-0.4, -0.2) is 27.1 Å². The fourth-order valence-corrected chi connectivity index (χ4v) is 1.85. The molecule has 3 N–H and O–H groups in total. The Morgan fingerprint density at radius 2 is 2.00 bits per heavy atom. The lowest BCUT2D eigenvalue weighted by Gasteiger charge is -1.99. The quantitative estimate of drug-likeness (QED) is 0.551. The summed E-state index contributed by atoms with van der Waals surface area (Å²) in [4.78, 5) is 24.3. The lowest BCUT2D eigenvalue weighted by atomic mass is 10.0. The normalized spacial score (nSPS) is 11.1. The van der Waals surface area contributed by atoms with E-state index in [9.17, 15) is 9.59 Å². The lowest BCUT2D eigenvalue weighted by molar-refractivity contribution is -0.137. The summed E-state index contributed by atoms with van der Waals surface area (Å²) in [6, 6.07) is 1.60. The first-order valence-corrected chi connectivity index (χ1v) is 5.61. The molecule has 0 saturated carbocycles. The molecule has 0 aliphatic carbocycles. The molecule has 0 bridgehead atoms. The van der Waals surface area contributed by atoms with Gasteiger partial charge >= 0.3 is 11.9 Å². The van der Waals surface area contributed by atoms with Crippen molar-refractivity contribution < 1.29 is 19.8 Å². The molecule has 0 atom stereocenters. The maximum atomic E-state index is 10.8. The maximum Gasteiger partial charge on any atom is 0.346 e. The monoisotopic (exact) mass is 262 g/mol. The molecule has 1 aromatic heterocycles. The topological polar surface area (TPSA) is 114 Å². The van der Waals surface area contributed by atoms with Gasteiger partial charge in [-0.1, -0.05) is 0 Å². The molecule has 19 heavy (non-hydrogen) atoms. The number of carboxylic acid groups (broad SMARTS) is 2. The first kappa shape index (κ1) is 14.5. The van der Waals surface area contributed by atoms with E-state index in [1.807, 2.05) is 0 Å². The van der Waals surface area contributed by atoms with Crippen molar-refractivity contribution in [2.45, 2.75) is 26.7 Å². The summed E-state index contributed by atoms with van der Waals surface area (Å²) < 4.78 is 0. The van der Waals surface area contributed by atoms with E-state index in [2.05, 4.69) is 4.98 Å². The third-order valence-electron chi connectivity index (χ3n) is 2.86. The van der Waals surface area contributed by atoms with Gasteiger partial charge in [-0.3, -0.25) is 4.79 Å². The van der Waals surface area contributed by atoms with Gasteiger partial charge in [0.2, 0.25) is 0 Å². The number of aromatic amines is 1. The van der Waals surface area contributed by atoms with Gasteiger partial charge in [-0.25, -0.2) is 4.79 Å². The molecule has 1 rings (SSSR count). The van der Waals surface area contributed by atoms with Crippen molar-refractivity contribution in [3.8, 4) is 6.07 Å². The summed E-state index contributed by atoms with van der Waals surface area (Å²) >= 11 is 0. The molecule has 0 aliphatic heterocycles. The van der Waals surface area contributed by atoms with E-state index in [4.69, 9.17) is 15.5 Å². The zero-order valence-electron chi connectivity index (χ0n) is 10.6. The van der Waals surface area contributed by atoms with Crippen molar-refractivity contribution in [3.63, 3.8) is 0 Å². The van der Waals surface area contributed by atoms with Crippen molar-refractivity contribution >= 4 is 18.0 Å². The Kier molecular flexibility index (Phi) is 4.48. The van der Waals surface area contributed by atoms with E-state index in [-0.39, 0.29) is 12.0 Å². The van der Waals surface area contributed by atoms with Gasteiger partial charge in [-0.05, 0) is 37.5 Å². The third-order valence-corrected chi connectivity index (χ3v) is 2.86. The zero-order chi connectivity index (χ0) is 14.6. The number of aliphatic carboxylic acids is 2. The van der Waals surface area contributed by atoms with Crippen LogP contribution in [0.25, 0.3) is 6.08 Å². The SMILES string of the molecule is Cc1[nH]c(/C=C(\C#N)C(=O)O)c(C)c1CCC(=O)O. The molecule has 0 radical (unpaired) electrons. The van der Waals surface area contributed by atoms with E-state index in [0.717, 1.165) is 16.8 Å². The van der Waals surface area contributed by atoms with Crippen LogP contribution in [0.1, 0.15) is 28.9 Å². The van der Waals surface area contributed by atoms with E-state index in [1.165, 1.54) is 6.08 Å². The second kappa shape index (κ2) is 5.87. The van der Waals surface area contributed by atoms with Crippen LogP contribution in [0.15, 0.2) is 5.57 Å². The molecule has 1 aromatic rings. The predicted octanol–water partition coefficient (Wildman–Crippen LogP) is 1.64. The van der Waals surface area contributed by atoms with E-state index in [1.54, 1.807) is 19.9 Å². The van der Waals surface area contributed by atoms with E-state index in [0.29, 0.717) is 12.1 Å². The van der Waals surface area contributed by atoms with Gasteiger partial charge in [0.05, 0.1) is 0 Å². The Morgan fingerprint density at radius 1 is 1.37 bits per heavy atom. The Hall–Kier alpha value is -2.55. The number of aryl methyl sites for hydroxylation is 1. The van der Waals surface area contributed by atoms with Crippen molar-refractivity contribution in [1.29, 1.82) is 5.26 Å². The van der Waals surface area contributed by atoms with E-state index < -0.39 is 11.9 Å². The maximum absolute atomic E-state index is 10.8. The van der Waals surface area contributed by atoms with Crippen LogP contribution >= 0.6 is 0 Å². The van der Waals surface area contributed by atoms with Gasteiger partial charge in [-0.2, -0.15) is 5.26 Å². The van der Waals surface area contributed by atoms with Crippen LogP contribution in [0.4, 0.5) is 0 Å². The molecule has 0 spiro atoms. The number of carbonyl (C=O) groups is 2. The third kappa shape index (κ3) is 3.45. The molecule has 6 heteroatoms. The lowest BCUT2D eigenvalue weighted by Crippen LogP contribution is -1.99. The number of carboxylic acids is 2. The number of aromatic nitrogens is 1. The van der Waals surface area contributed by atoms with Crippen LogP contribution in [0.5, 0.6) is 0 Å². The zero-order valence-corrected chi connectivity index (χ0v) is 10.6. The van der Waals surface area contributed by atoms with Crippen molar-refractivity contribution in [3.05, 3.63) is 28.1 Å². The van der Waals surface area contributed by atoms with E-state index >= 15 is 0 Å². The first-order valence-electron chi connectivity index (χ1n) is 5.61. The minimum Gasteiger partial charge on any atom is -0.481 e. The molecule has 100 valence electrons. The standard InChI is InChI=1S/C13H14N2O4/c1-7-10(3-4-12(16)17)8(2)15-11(7)5-9(6-14)13(18)19/h5,15H,3-4H2,1-2H3,(H,16,17)(H,18,19)/b9-5+. The number of H-pyrrole nitrogens is 1. The second-order valence-electron chi connectivity index (χ2n) is 4.14. The molecule has 6 nitrogen and oxygen atoms in total. The van der Waals surface area contributed by atoms with Crippen molar-refractivity contribution in [2.75, 3.05) is 0 Å². The Balaban J connectivity index is 3.13. The van der Waals surface area contributed by atoms with Gasteiger partial charge in [0, 0.05) is 17.8 Å². The number of hydrogen-bond donors (Lipinski definition) is 3. The van der Waals surface area contributed by atoms with Crippen LogP contribution in [0.3, 0.4) is 0 Å². The Morgan fingerprint density at radius 3 is 2.47 bits per heavy atom. The molecule has 0 saturated heterocycles. The smallest absolute Gasteiger partial charge is 0.346 e. The Labute approximate surface area is 110 Å². The highest BCUT2D eigenvalue weighted by atomic mass is 16.4. The number of hydrogen-bond acceptors (Lipinski definition) is 3. The molecule has 1 heterocycles. The minimum atomic E-state index is -1.29. The summed E-state index contributed by atoms with van der Waals surface area (Å²) in [7, 11) is 0. The van der Waals surface area contributed by atoms with Gasteiger partial charge in [0.25, 0.3) is 0 Å². The van der Waals surface area contributed by atoms with Gasteiger partial charge < -0.3 is 15.2 Å². The van der Waals surface area contributed by atoms with Crippen LogP contribution in [0, 0.1) is 25.2 Å². The average Bonchev–Trinajstić information content (AvgIpc) is 2.58. The highest BCUT2D eigenvalue weighted by Gasteiger charge is 2.13. The van der Waals surface area contributed by atoms with Gasteiger partial charge in [-0.15, -0.1) is 0 Å². The fourth-order valence-electron chi connectivity index (χ4n) is 1.85. The van der Waals surface area contributed by atoms with Gasteiger partial charge in [0.15, 0.2) is 0 Å². The predicted molar refractivity (Wildman–Crippen MR) is 67.4 cm³/mol. The average molecular weight is 262 g/mol. The molecule has 0 amide bonds. The van der Waals surface area contributed by atoms with Crippen molar-refractivity contribution in [1.82, 2.24) is 4.98 Å². The van der Waals surface area contributed by atoms with Crippen LogP contribution in [-0.2, 0) is 16.0 Å². The minimum absolute atomic E-state index is 0.00667. The fraction of sp³-hybridized carbons (Fsp3) is 0.308. The first-order chi connectivity index (χ1) is 8.86. The van der Waals surface area contributed by atoms with Crippen LogP contribution in [0.2, 0.25) is 0 Å². The largest absolute Gasteiger partial charge is 0.481 e.